The summed E-state index contributed by atoms with van der Waals surface area (Å²) in [6, 6.07) is 6.99. The van der Waals surface area contributed by atoms with Crippen molar-refractivity contribution in [3.63, 3.8) is 0 Å². The lowest BCUT2D eigenvalue weighted by Gasteiger charge is -2.25. The fraction of sp³-hybridized carbons (Fsp3) is 0.500. The standard InChI is InChI=1S/C20H31N3O4/c1-14(2)21-13-16-10-8-9-15(11-16)12-17(18(24)23(6)26-7)22-19(25)27-20(3,4)5/h8-11,17,21H,1,12-13H2,2-7H3,(H,22,25)/t17-/m0/s1. The van der Waals surface area contributed by atoms with Crippen molar-refractivity contribution in [2.24, 2.45) is 0 Å². The number of nitrogens with zero attached hydrogens (tertiary/aromatic N) is 1. The molecule has 1 atom stereocenters. The predicted molar refractivity (Wildman–Crippen MR) is 105 cm³/mol. The number of ether oxygens (including phenoxy) is 1. The van der Waals surface area contributed by atoms with Gasteiger partial charge in [0.05, 0.1) is 7.11 Å². The molecule has 0 unspecified atom stereocenters. The van der Waals surface area contributed by atoms with Crippen LogP contribution in [-0.4, -0.2) is 42.9 Å². The molecule has 0 radical (unpaired) electrons. The SMILES string of the molecule is C=C(C)NCc1cccc(C[C@H](NC(=O)OC(C)(C)C)C(=O)N(C)OC)c1. The molecule has 7 nitrogen and oxygen atoms in total. The number of carbonyl (C=O) groups is 2. The molecule has 1 aromatic carbocycles. The summed E-state index contributed by atoms with van der Waals surface area (Å²) in [5.74, 6) is -0.367. The van der Waals surface area contributed by atoms with Gasteiger partial charge in [0.2, 0.25) is 0 Å². The van der Waals surface area contributed by atoms with Gasteiger partial charge < -0.3 is 15.4 Å². The van der Waals surface area contributed by atoms with Crippen LogP contribution in [0.5, 0.6) is 0 Å². The normalized spacial score (nSPS) is 12.1. The van der Waals surface area contributed by atoms with Crippen molar-refractivity contribution < 1.29 is 19.2 Å². The Morgan fingerprint density at radius 3 is 2.44 bits per heavy atom. The fourth-order valence-corrected chi connectivity index (χ4v) is 2.31. The van der Waals surface area contributed by atoms with E-state index in [9.17, 15) is 9.59 Å². The monoisotopic (exact) mass is 377 g/mol. The van der Waals surface area contributed by atoms with Gasteiger partial charge in [0.1, 0.15) is 11.6 Å². The van der Waals surface area contributed by atoms with Crippen molar-refractivity contribution in [3.05, 3.63) is 47.7 Å². The Labute approximate surface area is 161 Å². The van der Waals surface area contributed by atoms with Gasteiger partial charge in [-0.05, 0) is 38.8 Å². The van der Waals surface area contributed by atoms with E-state index in [1.807, 2.05) is 31.2 Å². The Balaban J connectivity index is 2.93. The lowest BCUT2D eigenvalue weighted by molar-refractivity contribution is -0.171. The zero-order valence-electron chi connectivity index (χ0n) is 17.1. The number of amides is 2. The second-order valence-electron chi connectivity index (χ2n) is 7.38. The Hall–Kier alpha value is -2.54. The maximum Gasteiger partial charge on any atom is 0.408 e. The Bertz CT molecular complexity index is 667. The van der Waals surface area contributed by atoms with Gasteiger partial charge in [-0.25, -0.2) is 9.86 Å². The van der Waals surface area contributed by atoms with Crippen molar-refractivity contribution in [1.82, 2.24) is 15.7 Å². The highest BCUT2D eigenvalue weighted by Gasteiger charge is 2.27. The van der Waals surface area contributed by atoms with Crippen molar-refractivity contribution in [3.8, 4) is 0 Å². The number of nitrogens with one attached hydrogen (secondary N) is 2. The molecule has 27 heavy (non-hydrogen) atoms. The number of hydroxylamine groups is 2. The van der Waals surface area contributed by atoms with Crippen LogP contribution in [0.3, 0.4) is 0 Å². The Kier molecular flexibility index (Phi) is 8.31. The second kappa shape index (κ2) is 9.97. The van der Waals surface area contributed by atoms with Gasteiger partial charge >= 0.3 is 6.09 Å². The van der Waals surface area contributed by atoms with E-state index < -0.39 is 17.7 Å². The third-order valence-corrected chi connectivity index (χ3v) is 3.60. The van der Waals surface area contributed by atoms with Crippen LogP contribution in [0.4, 0.5) is 4.79 Å². The van der Waals surface area contributed by atoms with Crippen LogP contribution in [0.2, 0.25) is 0 Å². The fourth-order valence-electron chi connectivity index (χ4n) is 2.31. The smallest absolute Gasteiger partial charge is 0.408 e. The van der Waals surface area contributed by atoms with E-state index in [2.05, 4.69) is 17.2 Å². The van der Waals surface area contributed by atoms with Gasteiger partial charge in [0, 0.05) is 25.7 Å². The second-order valence-corrected chi connectivity index (χ2v) is 7.38. The minimum absolute atomic E-state index is 0.312. The summed E-state index contributed by atoms with van der Waals surface area (Å²) in [5, 5.41) is 6.91. The molecule has 0 aliphatic carbocycles. The average molecular weight is 377 g/mol. The molecule has 2 amide bonds. The number of benzene rings is 1. The van der Waals surface area contributed by atoms with Crippen molar-refractivity contribution in [2.75, 3.05) is 14.2 Å². The summed E-state index contributed by atoms with van der Waals surface area (Å²) in [5.41, 5.74) is 2.19. The van der Waals surface area contributed by atoms with Crippen molar-refractivity contribution >= 4 is 12.0 Å². The molecule has 150 valence electrons. The molecular weight excluding hydrogens is 346 g/mol. The van der Waals surface area contributed by atoms with E-state index >= 15 is 0 Å². The predicted octanol–water partition coefficient (Wildman–Crippen LogP) is 2.77. The molecule has 0 bridgehead atoms. The van der Waals surface area contributed by atoms with Crippen LogP contribution in [0, 0.1) is 0 Å². The summed E-state index contributed by atoms with van der Waals surface area (Å²) in [6.45, 7) is 11.6. The van der Waals surface area contributed by atoms with Crippen LogP contribution >= 0.6 is 0 Å². The summed E-state index contributed by atoms with van der Waals surface area (Å²) in [4.78, 5) is 29.7. The summed E-state index contributed by atoms with van der Waals surface area (Å²) in [6.07, 6.45) is -0.336. The topological polar surface area (TPSA) is 79.9 Å². The average Bonchev–Trinajstić information content (AvgIpc) is 2.56. The molecule has 0 aromatic heterocycles. The summed E-state index contributed by atoms with van der Waals surface area (Å²) in [7, 11) is 2.89. The van der Waals surface area contributed by atoms with E-state index in [-0.39, 0.29) is 5.91 Å². The minimum Gasteiger partial charge on any atom is -0.444 e. The summed E-state index contributed by atoms with van der Waals surface area (Å²) >= 11 is 0. The van der Waals surface area contributed by atoms with E-state index in [1.165, 1.54) is 14.2 Å². The molecule has 0 saturated heterocycles. The number of hydrogen-bond donors (Lipinski definition) is 2. The number of hydrogen-bond acceptors (Lipinski definition) is 5. The maximum atomic E-state index is 12.6. The molecule has 0 heterocycles. The van der Waals surface area contributed by atoms with Gasteiger partial charge in [-0.15, -0.1) is 0 Å². The molecule has 0 fully saturated rings. The quantitative estimate of drug-likeness (QED) is 0.681. The van der Waals surface area contributed by atoms with E-state index in [0.717, 1.165) is 21.9 Å². The highest BCUT2D eigenvalue weighted by Crippen LogP contribution is 2.12. The lowest BCUT2D eigenvalue weighted by atomic mass is 10.0. The molecule has 1 rings (SSSR count). The third-order valence-electron chi connectivity index (χ3n) is 3.60. The first kappa shape index (κ1) is 22.5. The Morgan fingerprint density at radius 2 is 1.89 bits per heavy atom. The van der Waals surface area contributed by atoms with E-state index in [0.29, 0.717) is 13.0 Å². The van der Waals surface area contributed by atoms with Crippen LogP contribution < -0.4 is 10.6 Å². The molecule has 1 aromatic rings. The number of rotatable bonds is 8. The van der Waals surface area contributed by atoms with Crippen molar-refractivity contribution in [2.45, 2.75) is 52.3 Å². The van der Waals surface area contributed by atoms with Crippen LogP contribution in [0.1, 0.15) is 38.8 Å². The van der Waals surface area contributed by atoms with Crippen LogP contribution in [0.25, 0.3) is 0 Å². The van der Waals surface area contributed by atoms with Gasteiger partial charge in [-0.2, -0.15) is 0 Å². The molecule has 0 aliphatic rings. The first-order valence-electron chi connectivity index (χ1n) is 8.80. The molecule has 7 heteroatoms. The highest BCUT2D eigenvalue weighted by molar-refractivity contribution is 5.85. The number of likely N-dealkylation sites (N-methyl/N-ethyl adjacent to an activating group) is 1. The van der Waals surface area contributed by atoms with Crippen molar-refractivity contribution in [1.29, 1.82) is 0 Å². The molecule has 2 N–H and O–H groups in total. The van der Waals surface area contributed by atoms with Crippen LogP contribution in [-0.2, 0) is 27.3 Å². The van der Waals surface area contributed by atoms with Crippen LogP contribution in [0.15, 0.2) is 36.5 Å². The molecule has 0 aliphatic heterocycles. The van der Waals surface area contributed by atoms with Gasteiger partial charge in [0.25, 0.3) is 5.91 Å². The lowest BCUT2D eigenvalue weighted by Crippen LogP contribution is -2.49. The highest BCUT2D eigenvalue weighted by atomic mass is 16.7. The molecule has 0 spiro atoms. The zero-order chi connectivity index (χ0) is 20.6. The van der Waals surface area contributed by atoms with Gasteiger partial charge in [-0.1, -0.05) is 30.8 Å². The van der Waals surface area contributed by atoms with E-state index in [1.54, 1.807) is 20.8 Å². The minimum atomic E-state index is -0.811. The van der Waals surface area contributed by atoms with Gasteiger partial charge in [0.15, 0.2) is 0 Å². The maximum absolute atomic E-state index is 12.6. The first-order valence-corrected chi connectivity index (χ1v) is 8.80. The third kappa shape index (κ3) is 8.59. The number of alkyl carbamates (subject to hydrolysis) is 1. The first-order chi connectivity index (χ1) is 12.5. The Morgan fingerprint density at radius 1 is 1.26 bits per heavy atom. The van der Waals surface area contributed by atoms with Gasteiger partial charge in [-0.3, -0.25) is 9.63 Å². The zero-order valence-corrected chi connectivity index (χ0v) is 17.1. The number of carbonyl (C=O) groups excluding carboxylic acids is 2. The molecular formula is C20H31N3O4. The molecule has 0 saturated carbocycles. The number of allylic oxidation sites excluding steroid dienone is 1. The summed E-state index contributed by atoms with van der Waals surface area (Å²) < 4.78 is 5.28. The van der Waals surface area contributed by atoms with E-state index in [4.69, 9.17) is 9.57 Å². The largest absolute Gasteiger partial charge is 0.444 e.